The molecule has 0 aliphatic carbocycles. The number of hydrogen-bond donors (Lipinski definition) is 4. The Labute approximate surface area is 179 Å². The fourth-order valence-corrected chi connectivity index (χ4v) is 2.95. The molecule has 0 saturated carbocycles. The number of amidine groups is 1. The van der Waals surface area contributed by atoms with Crippen molar-refractivity contribution in [3.8, 4) is 0 Å². The summed E-state index contributed by atoms with van der Waals surface area (Å²) in [7, 11) is 0. The zero-order chi connectivity index (χ0) is 23.6. The Morgan fingerprint density at radius 2 is 2.06 bits per heavy atom. The second kappa shape index (κ2) is 12.6. The third-order valence-electron chi connectivity index (χ3n) is 4.74. The van der Waals surface area contributed by atoms with E-state index < -0.39 is 24.3 Å². The molecule has 31 heavy (non-hydrogen) atoms. The minimum atomic E-state index is -2.82. The number of nitrogens with one attached hydrogen (secondary N) is 1. The van der Waals surface area contributed by atoms with Gasteiger partial charge in [0, 0.05) is 5.92 Å². The average Bonchev–Trinajstić information content (AvgIpc) is 3.23. The molecule has 0 spiro atoms. The molecule has 0 amide bonds. The number of hydrogen-bond acceptors (Lipinski definition) is 5. The first-order valence-corrected chi connectivity index (χ1v) is 9.73. The van der Waals surface area contributed by atoms with Crippen LogP contribution in [-0.4, -0.2) is 45.2 Å². The summed E-state index contributed by atoms with van der Waals surface area (Å²) in [6.07, 6.45) is -0.450. The highest BCUT2D eigenvalue weighted by Gasteiger charge is 2.33. The van der Waals surface area contributed by atoms with Crippen molar-refractivity contribution in [3.63, 3.8) is 0 Å². The molecule has 7 nitrogen and oxygen atoms in total. The molecule has 0 bridgehead atoms. The van der Waals surface area contributed by atoms with Gasteiger partial charge in [0.05, 0.1) is 23.7 Å². The smallest absolute Gasteiger partial charge is 0.264 e. The lowest BCUT2D eigenvalue weighted by atomic mass is 9.81. The molecule has 0 fully saturated rings. The number of rotatable bonds is 9. The van der Waals surface area contributed by atoms with Crippen LogP contribution in [-0.2, 0) is 4.84 Å². The molecule has 0 radical (unpaired) electrons. The molecular formula is C21H29F3N4O3. The van der Waals surface area contributed by atoms with Crippen LogP contribution in [0.15, 0.2) is 48.1 Å². The van der Waals surface area contributed by atoms with Crippen molar-refractivity contribution >= 4 is 16.9 Å². The third-order valence-corrected chi connectivity index (χ3v) is 4.74. The van der Waals surface area contributed by atoms with Gasteiger partial charge in [0.2, 0.25) is 0 Å². The number of alkyl halides is 2. The molecule has 172 valence electrons. The van der Waals surface area contributed by atoms with Crippen LogP contribution in [0.2, 0.25) is 0 Å². The number of allylic oxidation sites excluding steroid dienone is 1. The quantitative estimate of drug-likeness (QED) is 0.152. The zero-order valence-corrected chi connectivity index (χ0v) is 17.7. The van der Waals surface area contributed by atoms with Crippen molar-refractivity contribution in [1.82, 2.24) is 9.97 Å². The van der Waals surface area contributed by atoms with Crippen LogP contribution in [0.1, 0.15) is 32.8 Å². The van der Waals surface area contributed by atoms with E-state index in [1.807, 2.05) is 6.92 Å². The Kier molecular flexibility index (Phi) is 10.6. The van der Waals surface area contributed by atoms with Crippen LogP contribution in [0.4, 0.5) is 13.2 Å². The third kappa shape index (κ3) is 6.74. The van der Waals surface area contributed by atoms with Crippen LogP contribution >= 0.6 is 0 Å². The molecule has 2 rings (SSSR count). The van der Waals surface area contributed by atoms with Crippen LogP contribution in [0.5, 0.6) is 0 Å². The lowest BCUT2D eigenvalue weighted by molar-refractivity contribution is -0.0417. The Bertz CT molecular complexity index is 899. The normalized spacial score (nSPS) is 15.2. The van der Waals surface area contributed by atoms with Crippen molar-refractivity contribution in [1.29, 1.82) is 0 Å². The van der Waals surface area contributed by atoms with Crippen LogP contribution < -0.4 is 5.73 Å². The van der Waals surface area contributed by atoms with Gasteiger partial charge in [-0.1, -0.05) is 38.1 Å². The van der Waals surface area contributed by atoms with Crippen molar-refractivity contribution in [2.24, 2.45) is 22.7 Å². The van der Waals surface area contributed by atoms with Crippen LogP contribution in [0.3, 0.4) is 0 Å². The first-order chi connectivity index (χ1) is 14.7. The van der Waals surface area contributed by atoms with E-state index in [0.717, 1.165) is 6.26 Å². The minimum Gasteiger partial charge on any atom is -0.515 e. The van der Waals surface area contributed by atoms with Crippen molar-refractivity contribution in [2.45, 2.75) is 39.7 Å². The van der Waals surface area contributed by atoms with E-state index in [9.17, 15) is 18.3 Å². The van der Waals surface area contributed by atoms with Crippen molar-refractivity contribution in [2.75, 3.05) is 6.61 Å². The summed E-state index contributed by atoms with van der Waals surface area (Å²) in [5, 5.41) is 21.9. The second-order valence-electron chi connectivity index (χ2n) is 6.68. The lowest BCUT2D eigenvalue weighted by Crippen LogP contribution is -2.33. The average molecular weight is 442 g/mol. The number of halogens is 3. The Hall–Kier alpha value is -3.01. The van der Waals surface area contributed by atoms with Crippen LogP contribution in [0, 0.1) is 17.7 Å². The molecule has 3 atom stereocenters. The highest BCUT2D eigenvalue weighted by Crippen LogP contribution is 2.30. The highest BCUT2D eigenvalue weighted by atomic mass is 19.3. The molecule has 1 aromatic heterocycles. The zero-order valence-electron chi connectivity index (χ0n) is 17.7. The molecule has 0 aliphatic heterocycles. The molecule has 0 saturated heterocycles. The summed E-state index contributed by atoms with van der Waals surface area (Å²) in [6, 6.07) is 2.90. The number of aromatic nitrogens is 2. The SMILES string of the molecule is C=C/C(=C/O)C(C(C)CC)C(O)C(F)F.CCO/N=C(\N)c1c(F)ccc2[nH]cnc12. The van der Waals surface area contributed by atoms with Crippen LogP contribution in [0.25, 0.3) is 11.0 Å². The summed E-state index contributed by atoms with van der Waals surface area (Å²) in [6.45, 7) is 9.16. The number of aliphatic hydroxyl groups is 2. The first kappa shape index (κ1) is 26.0. The molecule has 10 heteroatoms. The predicted molar refractivity (Wildman–Crippen MR) is 114 cm³/mol. The monoisotopic (exact) mass is 442 g/mol. The minimum absolute atomic E-state index is 0.0166. The van der Waals surface area contributed by atoms with Gasteiger partial charge in [0.1, 0.15) is 24.0 Å². The maximum atomic E-state index is 13.6. The van der Waals surface area contributed by atoms with Gasteiger partial charge in [0.25, 0.3) is 6.43 Å². The van der Waals surface area contributed by atoms with Gasteiger partial charge in [-0.05, 0) is 30.5 Å². The summed E-state index contributed by atoms with van der Waals surface area (Å²) >= 11 is 0. The number of aromatic amines is 1. The molecule has 1 aromatic carbocycles. The summed E-state index contributed by atoms with van der Waals surface area (Å²) in [4.78, 5) is 11.7. The number of aliphatic hydroxyl groups excluding tert-OH is 2. The fraction of sp³-hybridized carbons (Fsp3) is 0.429. The van der Waals surface area contributed by atoms with Crippen molar-refractivity contribution < 1.29 is 28.2 Å². The van der Waals surface area contributed by atoms with Gasteiger partial charge in [-0.15, -0.1) is 0 Å². The molecule has 2 aromatic rings. The Balaban J connectivity index is 0.000000311. The molecule has 0 aliphatic rings. The highest BCUT2D eigenvalue weighted by molar-refractivity contribution is 6.06. The van der Waals surface area contributed by atoms with E-state index in [-0.39, 0.29) is 22.9 Å². The van der Waals surface area contributed by atoms with Gasteiger partial charge >= 0.3 is 0 Å². The van der Waals surface area contributed by atoms with Gasteiger partial charge in [-0.25, -0.2) is 18.2 Å². The number of oxime groups is 1. The topological polar surface area (TPSA) is 117 Å². The van der Waals surface area contributed by atoms with Gasteiger partial charge < -0.3 is 25.8 Å². The Morgan fingerprint density at radius 1 is 1.39 bits per heavy atom. The summed E-state index contributed by atoms with van der Waals surface area (Å²) in [5.74, 6) is -1.42. The van der Waals surface area contributed by atoms with E-state index in [1.54, 1.807) is 19.9 Å². The molecule has 5 N–H and O–H groups in total. The maximum Gasteiger partial charge on any atom is 0.264 e. The van der Waals surface area contributed by atoms with Gasteiger partial charge in [-0.3, -0.25) is 0 Å². The van der Waals surface area contributed by atoms with E-state index in [1.165, 1.54) is 18.5 Å². The van der Waals surface area contributed by atoms with E-state index >= 15 is 0 Å². The first-order valence-electron chi connectivity index (χ1n) is 9.73. The van der Waals surface area contributed by atoms with Gasteiger partial charge in [-0.2, -0.15) is 0 Å². The van der Waals surface area contributed by atoms with Crippen molar-refractivity contribution in [3.05, 3.63) is 54.3 Å². The maximum absolute atomic E-state index is 13.6. The number of fused-ring (bicyclic) bond motifs is 1. The largest absolute Gasteiger partial charge is 0.515 e. The Morgan fingerprint density at radius 3 is 2.58 bits per heavy atom. The fourth-order valence-electron chi connectivity index (χ4n) is 2.95. The lowest BCUT2D eigenvalue weighted by Gasteiger charge is -2.28. The summed E-state index contributed by atoms with van der Waals surface area (Å²) < 4.78 is 38.4. The van der Waals surface area contributed by atoms with E-state index in [2.05, 4.69) is 21.7 Å². The van der Waals surface area contributed by atoms with E-state index in [0.29, 0.717) is 24.1 Å². The number of nitrogens with two attached hydrogens (primary N) is 1. The second-order valence-corrected chi connectivity index (χ2v) is 6.68. The molecule has 3 unspecified atom stereocenters. The number of nitrogens with zero attached hydrogens (tertiary/aromatic N) is 2. The predicted octanol–water partition coefficient (Wildman–Crippen LogP) is 4.26. The standard InChI is InChI=1S/C11H18F2O2.C10H11FN4O/c1-4-7(3)9(8(5-2)6-14)10(15)11(12)13;1-2-16-15-10(12)8-6(11)3-4-7-9(8)14-5-13-7/h5-7,9-11,14-15H,2,4H2,1,3H3;3-5H,2H2,1H3,(H2,12,15)(H,13,14)/b8-6-;. The van der Waals surface area contributed by atoms with Gasteiger partial charge in [0.15, 0.2) is 5.84 Å². The molecule has 1 heterocycles. The number of imidazole rings is 1. The van der Waals surface area contributed by atoms with E-state index in [4.69, 9.17) is 15.7 Å². The summed E-state index contributed by atoms with van der Waals surface area (Å²) in [5.41, 5.74) is 7.19. The number of H-pyrrole nitrogens is 1. The number of benzene rings is 1. The molecular weight excluding hydrogens is 413 g/mol.